The molecule has 2 heterocycles. The number of hydrogen-bond donors (Lipinski definition) is 1. The van der Waals surface area contributed by atoms with Crippen molar-refractivity contribution < 1.29 is 0 Å². The van der Waals surface area contributed by atoms with Gasteiger partial charge in [-0.05, 0) is 32.0 Å². The van der Waals surface area contributed by atoms with Gasteiger partial charge in [0.05, 0.1) is 23.1 Å². The number of aryl methyl sites for hydroxylation is 2. The van der Waals surface area contributed by atoms with Gasteiger partial charge in [-0.1, -0.05) is 29.8 Å². The maximum absolute atomic E-state index is 4.68. The van der Waals surface area contributed by atoms with Crippen LogP contribution in [0.1, 0.15) is 11.4 Å². The predicted molar refractivity (Wildman–Crippen MR) is 89.9 cm³/mol. The zero-order valence-corrected chi connectivity index (χ0v) is 13.1. The molecule has 0 amide bonds. The molecule has 0 radical (unpaired) electrons. The van der Waals surface area contributed by atoms with E-state index >= 15 is 0 Å². The zero-order valence-electron chi connectivity index (χ0n) is 12.3. The number of aromatic amines is 1. The number of fused-ring (bicyclic) bond motifs is 1. The van der Waals surface area contributed by atoms with Crippen molar-refractivity contribution in [2.24, 2.45) is 0 Å². The Morgan fingerprint density at radius 1 is 0.909 bits per heavy atom. The van der Waals surface area contributed by atoms with E-state index in [0.717, 1.165) is 39.4 Å². The van der Waals surface area contributed by atoms with Gasteiger partial charge in [0.2, 0.25) is 0 Å². The lowest BCUT2D eigenvalue weighted by Gasteiger charge is -2.04. The highest BCUT2D eigenvalue weighted by molar-refractivity contribution is 7.00. The van der Waals surface area contributed by atoms with Crippen LogP contribution in [0.5, 0.6) is 0 Å². The molecule has 22 heavy (non-hydrogen) atoms. The van der Waals surface area contributed by atoms with Crippen LogP contribution in [0.15, 0.2) is 42.5 Å². The quantitative estimate of drug-likeness (QED) is 0.598. The standard InChI is InChI=1S/C17H14N4S/c1-10-4-3-5-12(8-10)16-17(19-11(2)18-16)13-6-7-14-15(9-13)21-22-20-14/h3-9H,1-2H3,(H,18,19). The monoisotopic (exact) mass is 306 g/mol. The van der Waals surface area contributed by atoms with Gasteiger partial charge < -0.3 is 4.98 Å². The molecule has 4 aromatic rings. The number of hydrogen-bond acceptors (Lipinski definition) is 4. The summed E-state index contributed by atoms with van der Waals surface area (Å²) < 4.78 is 8.58. The highest BCUT2D eigenvalue weighted by Crippen LogP contribution is 2.31. The summed E-state index contributed by atoms with van der Waals surface area (Å²) in [4.78, 5) is 8.06. The molecular weight excluding hydrogens is 292 g/mol. The van der Waals surface area contributed by atoms with Crippen LogP contribution in [0.4, 0.5) is 0 Å². The van der Waals surface area contributed by atoms with Crippen LogP contribution >= 0.6 is 11.7 Å². The summed E-state index contributed by atoms with van der Waals surface area (Å²) in [6.07, 6.45) is 0. The van der Waals surface area contributed by atoms with E-state index in [0.29, 0.717) is 0 Å². The molecule has 0 fully saturated rings. The smallest absolute Gasteiger partial charge is 0.105 e. The topological polar surface area (TPSA) is 54.5 Å². The zero-order chi connectivity index (χ0) is 15.1. The summed E-state index contributed by atoms with van der Waals surface area (Å²) in [5.74, 6) is 0.906. The van der Waals surface area contributed by atoms with E-state index in [4.69, 9.17) is 0 Å². The minimum absolute atomic E-state index is 0.906. The maximum atomic E-state index is 4.68. The Balaban J connectivity index is 1.91. The number of H-pyrrole nitrogens is 1. The molecule has 108 valence electrons. The van der Waals surface area contributed by atoms with Crippen molar-refractivity contribution in [3.63, 3.8) is 0 Å². The number of nitrogens with one attached hydrogen (secondary N) is 1. The molecule has 0 aliphatic carbocycles. The van der Waals surface area contributed by atoms with Gasteiger partial charge in [-0.15, -0.1) is 0 Å². The summed E-state index contributed by atoms with van der Waals surface area (Å²) in [6.45, 7) is 4.07. The molecule has 0 atom stereocenters. The van der Waals surface area contributed by atoms with Crippen molar-refractivity contribution in [2.45, 2.75) is 13.8 Å². The molecule has 0 aliphatic rings. The largest absolute Gasteiger partial charge is 0.342 e. The number of rotatable bonds is 2. The first kappa shape index (κ1) is 13.2. The first-order chi connectivity index (χ1) is 10.7. The van der Waals surface area contributed by atoms with Crippen molar-refractivity contribution >= 4 is 22.8 Å². The van der Waals surface area contributed by atoms with Crippen LogP contribution in [0.3, 0.4) is 0 Å². The summed E-state index contributed by atoms with van der Waals surface area (Å²) in [5, 5.41) is 0. The minimum Gasteiger partial charge on any atom is -0.342 e. The van der Waals surface area contributed by atoms with Crippen molar-refractivity contribution in [3.8, 4) is 22.5 Å². The predicted octanol–water partition coefficient (Wildman–Crippen LogP) is 4.37. The van der Waals surface area contributed by atoms with Crippen molar-refractivity contribution in [2.75, 3.05) is 0 Å². The van der Waals surface area contributed by atoms with Gasteiger partial charge in [0.25, 0.3) is 0 Å². The first-order valence-corrected chi connectivity index (χ1v) is 7.80. The van der Waals surface area contributed by atoms with Gasteiger partial charge in [-0.3, -0.25) is 0 Å². The van der Waals surface area contributed by atoms with Crippen LogP contribution < -0.4 is 0 Å². The highest BCUT2D eigenvalue weighted by atomic mass is 32.1. The fourth-order valence-electron chi connectivity index (χ4n) is 2.64. The molecule has 0 unspecified atom stereocenters. The molecule has 2 aromatic carbocycles. The molecule has 1 N–H and O–H groups in total. The fraction of sp³-hybridized carbons (Fsp3) is 0.118. The van der Waals surface area contributed by atoms with Gasteiger partial charge in [0, 0.05) is 11.1 Å². The van der Waals surface area contributed by atoms with Crippen LogP contribution in [0.2, 0.25) is 0 Å². The lowest BCUT2D eigenvalue weighted by atomic mass is 10.0. The van der Waals surface area contributed by atoms with E-state index in [-0.39, 0.29) is 0 Å². The maximum Gasteiger partial charge on any atom is 0.105 e. The van der Waals surface area contributed by atoms with Crippen molar-refractivity contribution in [1.82, 2.24) is 18.7 Å². The fourth-order valence-corrected chi connectivity index (χ4v) is 3.16. The summed E-state index contributed by atoms with van der Waals surface area (Å²) >= 11 is 1.24. The molecular formula is C17H14N4S. The van der Waals surface area contributed by atoms with E-state index in [2.05, 4.69) is 62.0 Å². The molecule has 0 saturated carbocycles. The Hall–Kier alpha value is -2.53. The van der Waals surface area contributed by atoms with Crippen LogP contribution in [0.25, 0.3) is 33.5 Å². The molecule has 0 spiro atoms. The lowest BCUT2D eigenvalue weighted by Crippen LogP contribution is -1.85. The van der Waals surface area contributed by atoms with E-state index in [1.807, 2.05) is 13.0 Å². The van der Waals surface area contributed by atoms with Crippen LogP contribution in [-0.2, 0) is 0 Å². The van der Waals surface area contributed by atoms with Gasteiger partial charge in [-0.25, -0.2) is 4.98 Å². The van der Waals surface area contributed by atoms with E-state index < -0.39 is 0 Å². The second-order valence-electron chi connectivity index (χ2n) is 5.38. The number of imidazole rings is 1. The normalized spacial score (nSPS) is 11.2. The molecule has 4 rings (SSSR count). The summed E-state index contributed by atoms with van der Waals surface area (Å²) in [7, 11) is 0. The third-order valence-electron chi connectivity index (χ3n) is 3.66. The second kappa shape index (κ2) is 5.03. The third-order valence-corrected chi connectivity index (χ3v) is 4.21. The average Bonchev–Trinajstić information content (AvgIpc) is 3.12. The Bertz CT molecular complexity index is 968. The number of aromatic nitrogens is 4. The van der Waals surface area contributed by atoms with Gasteiger partial charge in [-0.2, -0.15) is 8.75 Å². The van der Waals surface area contributed by atoms with Crippen LogP contribution in [-0.4, -0.2) is 18.7 Å². The molecule has 0 saturated heterocycles. The first-order valence-electron chi connectivity index (χ1n) is 7.07. The molecule has 0 aliphatic heterocycles. The Labute approximate surface area is 132 Å². The Kier molecular flexibility index (Phi) is 3.01. The number of nitrogens with zero attached hydrogens (tertiary/aromatic N) is 3. The average molecular weight is 306 g/mol. The van der Waals surface area contributed by atoms with Crippen LogP contribution in [0, 0.1) is 13.8 Å². The van der Waals surface area contributed by atoms with Crippen molar-refractivity contribution in [3.05, 3.63) is 53.9 Å². The van der Waals surface area contributed by atoms with E-state index in [1.165, 1.54) is 17.3 Å². The minimum atomic E-state index is 0.906. The Morgan fingerprint density at radius 3 is 2.64 bits per heavy atom. The van der Waals surface area contributed by atoms with Gasteiger partial charge in [0.15, 0.2) is 0 Å². The highest BCUT2D eigenvalue weighted by Gasteiger charge is 2.13. The lowest BCUT2D eigenvalue weighted by molar-refractivity contribution is 1.15. The SMILES string of the molecule is Cc1cccc(-c2nc(C)[nH]c2-c2ccc3nsnc3c2)c1. The van der Waals surface area contributed by atoms with Crippen molar-refractivity contribution in [1.29, 1.82) is 0 Å². The molecule has 0 bridgehead atoms. The van der Waals surface area contributed by atoms with Gasteiger partial charge >= 0.3 is 0 Å². The number of benzene rings is 2. The van der Waals surface area contributed by atoms with E-state index in [9.17, 15) is 0 Å². The summed E-state index contributed by atoms with van der Waals surface area (Å²) in [6, 6.07) is 14.5. The molecule has 4 nitrogen and oxygen atoms in total. The molecule has 2 aromatic heterocycles. The van der Waals surface area contributed by atoms with Gasteiger partial charge in [0.1, 0.15) is 16.9 Å². The Morgan fingerprint density at radius 2 is 1.77 bits per heavy atom. The van der Waals surface area contributed by atoms with E-state index in [1.54, 1.807) is 0 Å². The second-order valence-corrected chi connectivity index (χ2v) is 5.91. The molecule has 5 heteroatoms. The summed E-state index contributed by atoms with van der Waals surface area (Å²) in [5.41, 5.74) is 7.28. The third kappa shape index (κ3) is 2.19.